The zero-order chi connectivity index (χ0) is 44.4. The number of imidazole rings is 1. The van der Waals surface area contributed by atoms with Crippen LogP contribution >= 0.6 is 0 Å². The first-order chi connectivity index (χ1) is 30.1. The fraction of sp³-hybridized carbons (Fsp3) is 0.367. The van der Waals surface area contributed by atoms with Crippen LogP contribution in [0.4, 0.5) is 4.39 Å². The van der Waals surface area contributed by atoms with Crippen molar-refractivity contribution in [2.24, 2.45) is 5.41 Å². The minimum atomic E-state index is -1.00. The van der Waals surface area contributed by atoms with E-state index < -0.39 is 11.4 Å². The Morgan fingerprint density at radius 1 is 0.952 bits per heavy atom. The molecular formula is C49H51FN10O3. The molecule has 0 spiro atoms. The van der Waals surface area contributed by atoms with Gasteiger partial charge in [0, 0.05) is 60.6 Å². The summed E-state index contributed by atoms with van der Waals surface area (Å²) in [5.41, 5.74) is 6.24. The molecule has 1 amide bonds. The SMILES string of the molecule is Cc1nc(-c2ccc(C(C)(C)O)cc2)nc2c1n(-c1ccc(C(=O)N3CCc4c(n(Cc5ccc(C#N)cc5F)c5ncccc45)C3)nc1)c(=O)n2C1CCN(CC(C)(C)C)CC1. The number of amides is 1. The number of aliphatic hydroxyl groups is 1. The lowest BCUT2D eigenvalue weighted by atomic mass is 9.94. The average Bonchev–Trinajstić information content (AvgIpc) is 3.74. The molecule has 2 aromatic carbocycles. The van der Waals surface area contributed by atoms with Crippen molar-refractivity contribution in [2.45, 2.75) is 85.5 Å². The average molecular weight is 847 g/mol. The van der Waals surface area contributed by atoms with E-state index in [0.29, 0.717) is 52.5 Å². The summed E-state index contributed by atoms with van der Waals surface area (Å²) in [7, 11) is 0. The molecular weight excluding hydrogens is 796 g/mol. The second-order valence-corrected chi connectivity index (χ2v) is 18.7. The second kappa shape index (κ2) is 16.0. The fourth-order valence-corrected chi connectivity index (χ4v) is 9.33. The molecule has 14 heteroatoms. The molecule has 0 radical (unpaired) electrons. The molecule has 2 aliphatic rings. The fourth-order valence-electron chi connectivity index (χ4n) is 9.33. The van der Waals surface area contributed by atoms with Gasteiger partial charge in [0.15, 0.2) is 11.5 Å². The highest BCUT2D eigenvalue weighted by Gasteiger charge is 2.32. The van der Waals surface area contributed by atoms with Crippen LogP contribution in [0.3, 0.4) is 0 Å². The Hall–Kier alpha value is -6.56. The van der Waals surface area contributed by atoms with Gasteiger partial charge in [-0.25, -0.2) is 29.1 Å². The van der Waals surface area contributed by atoms with Gasteiger partial charge in [-0.3, -0.25) is 13.9 Å². The quantitative estimate of drug-likeness (QED) is 0.164. The van der Waals surface area contributed by atoms with Crippen molar-refractivity contribution in [3.05, 3.63) is 135 Å². The van der Waals surface area contributed by atoms with Crippen LogP contribution in [-0.4, -0.2) is 80.6 Å². The smallest absolute Gasteiger partial charge is 0.335 e. The molecule has 63 heavy (non-hydrogen) atoms. The summed E-state index contributed by atoms with van der Waals surface area (Å²) < 4.78 is 20.6. The third kappa shape index (κ3) is 7.91. The number of aryl methyl sites for hydroxylation is 1. The molecule has 13 nitrogen and oxygen atoms in total. The first-order valence-electron chi connectivity index (χ1n) is 21.5. The summed E-state index contributed by atoms with van der Waals surface area (Å²) in [5.74, 6) is -0.255. The predicted octanol–water partition coefficient (Wildman–Crippen LogP) is 7.47. The third-order valence-electron chi connectivity index (χ3n) is 12.4. The van der Waals surface area contributed by atoms with Gasteiger partial charge >= 0.3 is 5.69 Å². The Balaban J connectivity index is 1.04. The number of rotatable bonds is 8. The van der Waals surface area contributed by atoms with E-state index in [1.165, 1.54) is 6.07 Å². The molecule has 5 aromatic heterocycles. The van der Waals surface area contributed by atoms with Gasteiger partial charge in [-0.15, -0.1) is 0 Å². The summed E-state index contributed by atoms with van der Waals surface area (Å²) in [5, 5.41) is 20.8. The van der Waals surface area contributed by atoms with Crippen molar-refractivity contribution >= 4 is 28.1 Å². The topological polar surface area (TPSA) is 151 Å². The zero-order valence-electron chi connectivity index (χ0n) is 36.6. The van der Waals surface area contributed by atoms with Crippen LogP contribution in [-0.2, 0) is 25.1 Å². The van der Waals surface area contributed by atoms with Crippen LogP contribution in [0.2, 0.25) is 0 Å². The maximum Gasteiger partial charge on any atom is 0.335 e. The number of fused-ring (bicyclic) bond motifs is 4. The molecule has 0 aliphatic carbocycles. The van der Waals surface area contributed by atoms with E-state index in [0.717, 1.165) is 60.2 Å². The van der Waals surface area contributed by atoms with Crippen molar-refractivity contribution < 1.29 is 14.3 Å². The summed E-state index contributed by atoms with van der Waals surface area (Å²) in [4.78, 5) is 52.5. The van der Waals surface area contributed by atoms with Crippen molar-refractivity contribution in [3.63, 3.8) is 0 Å². The summed E-state index contributed by atoms with van der Waals surface area (Å²) >= 11 is 0. The Morgan fingerprint density at radius 3 is 2.38 bits per heavy atom. The Kier molecular flexibility index (Phi) is 10.6. The number of halogens is 1. The van der Waals surface area contributed by atoms with Crippen molar-refractivity contribution in [3.8, 4) is 23.1 Å². The predicted molar refractivity (Wildman–Crippen MR) is 239 cm³/mol. The number of hydrogen-bond acceptors (Lipinski definition) is 9. The molecule has 322 valence electrons. The van der Waals surface area contributed by atoms with Gasteiger partial charge in [-0.2, -0.15) is 5.26 Å². The number of carbonyl (C=O) groups is 1. The molecule has 1 N–H and O–H groups in total. The number of benzene rings is 2. The molecule has 7 aromatic rings. The van der Waals surface area contributed by atoms with Gasteiger partial charge in [0.25, 0.3) is 5.91 Å². The molecule has 1 fully saturated rings. The standard InChI is InChI=1S/C49H51FN10O3/c1-30-42-45(55-43(54-30)32-11-13-34(14-12-32)49(5,6)63)60(35-17-21-56(22-18-35)29-48(2,3)4)47(62)59(42)36-15-16-40(53-26-36)46(61)57-23-19-37-38-8-7-20-52-44(38)58(41(37)28-57)27-33-10-9-31(25-51)24-39(33)50/h7-16,20,24,26,35,63H,17-19,21-23,27-29H2,1-6H3. The number of nitriles is 1. The molecule has 0 unspecified atom stereocenters. The van der Waals surface area contributed by atoms with Crippen molar-refractivity contribution in [2.75, 3.05) is 26.2 Å². The number of aromatic nitrogens is 7. The number of hydrogen-bond donors (Lipinski definition) is 1. The Morgan fingerprint density at radius 2 is 1.71 bits per heavy atom. The molecule has 2 aliphatic heterocycles. The van der Waals surface area contributed by atoms with Gasteiger partial charge in [0.1, 0.15) is 22.7 Å². The van der Waals surface area contributed by atoms with Gasteiger partial charge in [-0.1, -0.05) is 51.1 Å². The second-order valence-electron chi connectivity index (χ2n) is 18.7. The number of piperidine rings is 1. The van der Waals surface area contributed by atoms with Crippen LogP contribution in [0, 0.1) is 29.5 Å². The normalized spacial score (nSPS) is 15.3. The molecule has 0 saturated carbocycles. The minimum Gasteiger partial charge on any atom is -0.386 e. The maximum absolute atomic E-state index is 15.2. The third-order valence-corrected chi connectivity index (χ3v) is 12.4. The molecule has 1 saturated heterocycles. The van der Waals surface area contributed by atoms with Crippen molar-refractivity contribution in [1.82, 2.24) is 43.4 Å². The maximum atomic E-state index is 15.2. The van der Waals surface area contributed by atoms with Gasteiger partial charge in [0.2, 0.25) is 0 Å². The summed E-state index contributed by atoms with van der Waals surface area (Å²) in [6.45, 7) is 15.7. The minimum absolute atomic E-state index is 0.0887. The van der Waals surface area contributed by atoms with E-state index in [9.17, 15) is 20.0 Å². The van der Waals surface area contributed by atoms with E-state index in [4.69, 9.17) is 9.97 Å². The van der Waals surface area contributed by atoms with E-state index >= 15 is 4.39 Å². The van der Waals surface area contributed by atoms with Crippen LogP contribution in [0.25, 0.3) is 39.3 Å². The highest BCUT2D eigenvalue weighted by molar-refractivity contribution is 5.93. The first-order valence-corrected chi connectivity index (χ1v) is 21.5. The van der Waals surface area contributed by atoms with Gasteiger partial charge < -0.3 is 19.5 Å². The number of likely N-dealkylation sites (tertiary alicyclic amines) is 1. The monoisotopic (exact) mass is 846 g/mol. The number of nitrogens with zero attached hydrogens (tertiary/aromatic N) is 10. The summed E-state index contributed by atoms with van der Waals surface area (Å²) in [6.07, 6.45) is 5.43. The molecule has 0 atom stereocenters. The van der Waals surface area contributed by atoms with Crippen LogP contribution < -0.4 is 5.69 Å². The highest BCUT2D eigenvalue weighted by atomic mass is 19.1. The van der Waals surface area contributed by atoms with Crippen molar-refractivity contribution in [1.29, 1.82) is 5.26 Å². The largest absolute Gasteiger partial charge is 0.386 e. The van der Waals surface area contributed by atoms with E-state index in [1.54, 1.807) is 60.0 Å². The van der Waals surface area contributed by atoms with E-state index in [1.807, 2.05) is 58.5 Å². The first kappa shape index (κ1) is 41.8. The molecule has 0 bridgehead atoms. The lowest BCUT2D eigenvalue weighted by Gasteiger charge is -2.36. The van der Waals surface area contributed by atoms with Gasteiger partial charge in [-0.05, 0) is 93.0 Å². The summed E-state index contributed by atoms with van der Waals surface area (Å²) in [6, 6.07) is 21.2. The van der Waals surface area contributed by atoms with Crippen LogP contribution in [0.5, 0.6) is 0 Å². The van der Waals surface area contributed by atoms with E-state index in [-0.39, 0.29) is 47.4 Å². The molecule has 9 rings (SSSR count). The Labute approximate surface area is 365 Å². The van der Waals surface area contributed by atoms with Crippen LogP contribution in [0.15, 0.2) is 83.9 Å². The number of carbonyl (C=O) groups excluding carboxylic acids is 1. The number of pyridine rings is 2. The van der Waals surface area contributed by atoms with E-state index in [2.05, 4.69) is 35.6 Å². The van der Waals surface area contributed by atoms with Crippen LogP contribution in [0.1, 0.15) is 97.6 Å². The van der Waals surface area contributed by atoms with Gasteiger partial charge in [0.05, 0.1) is 47.9 Å². The highest BCUT2D eigenvalue weighted by Crippen LogP contribution is 2.33. The lowest BCUT2D eigenvalue weighted by molar-refractivity contribution is 0.0724. The lowest BCUT2D eigenvalue weighted by Crippen LogP contribution is -2.41. The molecule has 7 heterocycles. The zero-order valence-corrected chi connectivity index (χ0v) is 36.6. The Bertz CT molecular complexity index is 2990.